The van der Waals surface area contributed by atoms with Gasteiger partial charge in [-0.15, -0.1) is 0 Å². The van der Waals surface area contributed by atoms with Crippen molar-refractivity contribution in [1.29, 1.82) is 0 Å². The first-order valence-corrected chi connectivity index (χ1v) is 11.2. The van der Waals surface area contributed by atoms with Crippen LogP contribution in [0.15, 0.2) is 59.6 Å². The summed E-state index contributed by atoms with van der Waals surface area (Å²) in [6.07, 6.45) is 0. The van der Waals surface area contributed by atoms with Gasteiger partial charge >= 0.3 is 0 Å². The van der Waals surface area contributed by atoms with E-state index in [1.165, 1.54) is 16.7 Å². The number of ether oxygens (including phenoxy) is 2. The summed E-state index contributed by atoms with van der Waals surface area (Å²) in [5, 5.41) is 3.53. The molecule has 0 radical (unpaired) electrons. The molecule has 0 atom stereocenters. The number of piperazine rings is 1. The van der Waals surface area contributed by atoms with Gasteiger partial charge < -0.3 is 19.7 Å². The highest BCUT2D eigenvalue weighted by molar-refractivity contribution is 5.80. The molecular weight excluding hydrogens is 388 g/mol. The number of hydrogen-bond donors (Lipinski definition) is 1. The normalized spacial score (nSPS) is 15.3. The van der Waals surface area contributed by atoms with Gasteiger partial charge in [0.25, 0.3) is 0 Å². The fourth-order valence-electron chi connectivity index (χ4n) is 3.75. The fourth-order valence-corrected chi connectivity index (χ4v) is 3.75. The van der Waals surface area contributed by atoms with E-state index in [0.717, 1.165) is 51.8 Å². The minimum atomic E-state index is 0.610. The number of rotatable bonds is 10. The zero-order chi connectivity index (χ0) is 21.7. The van der Waals surface area contributed by atoms with Gasteiger partial charge in [0.1, 0.15) is 0 Å². The Hall–Kier alpha value is -2.41. The van der Waals surface area contributed by atoms with E-state index in [2.05, 4.69) is 74.7 Å². The SMILES string of the molecule is CCOCCOCc1cccc(CNC(=NC)N2CCN(Cc3ccccc3)CC2)c1. The van der Waals surface area contributed by atoms with Gasteiger partial charge in [-0.3, -0.25) is 9.89 Å². The molecule has 1 heterocycles. The smallest absolute Gasteiger partial charge is 0.194 e. The van der Waals surface area contributed by atoms with Crippen LogP contribution in [0.25, 0.3) is 0 Å². The maximum Gasteiger partial charge on any atom is 0.194 e. The Kier molecular flexibility index (Phi) is 9.83. The molecule has 1 saturated heterocycles. The minimum Gasteiger partial charge on any atom is -0.379 e. The zero-order valence-corrected chi connectivity index (χ0v) is 18.9. The Balaban J connectivity index is 1.42. The van der Waals surface area contributed by atoms with E-state index in [1.807, 2.05) is 14.0 Å². The second kappa shape index (κ2) is 13.1. The Morgan fingerprint density at radius 3 is 2.35 bits per heavy atom. The Labute approximate surface area is 186 Å². The highest BCUT2D eigenvalue weighted by atomic mass is 16.5. The maximum absolute atomic E-state index is 5.69. The van der Waals surface area contributed by atoms with E-state index in [-0.39, 0.29) is 0 Å². The molecule has 1 aliphatic rings. The second-order valence-electron chi connectivity index (χ2n) is 7.72. The van der Waals surface area contributed by atoms with E-state index in [4.69, 9.17) is 9.47 Å². The first-order valence-electron chi connectivity index (χ1n) is 11.2. The molecule has 3 rings (SSSR count). The third-order valence-corrected chi connectivity index (χ3v) is 5.42. The number of guanidine groups is 1. The van der Waals surface area contributed by atoms with Gasteiger partial charge in [0.05, 0.1) is 19.8 Å². The van der Waals surface area contributed by atoms with Gasteiger partial charge in [-0.1, -0.05) is 54.6 Å². The van der Waals surface area contributed by atoms with Gasteiger partial charge in [0.2, 0.25) is 0 Å². The molecule has 0 amide bonds. The highest BCUT2D eigenvalue weighted by Gasteiger charge is 2.19. The van der Waals surface area contributed by atoms with Crippen LogP contribution in [0.2, 0.25) is 0 Å². The third-order valence-electron chi connectivity index (χ3n) is 5.42. The van der Waals surface area contributed by atoms with Crippen LogP contribution in [0.4, 0.5) is 0 Å². The molecule has 1 N–H and O–H groups in total. The number of nitrogens with one attached hydrogen (secondary N) is 1. The molecule has 31 heavy (non-hydrogen) atoms. The predicted octanol–water partition coefficient (Wildman–Crippen LogP) is 3.13. The average molecular weight is 425 g/mol. The fraction of sp³-hybridized carbons (Fsp3) is 0.480. The van der Waals surface area contributed by atoms with Crippen LogP contribution in [-0.2, 0) is 29.2 Å². The standard InChI is InChI=1S/C25H36N4O2/c1-3-30-16-17-31-21-24-11-7-10-23(18-24)19-27-25(26-2)29-14-12-28(13-15-29)20-22-8-5-4-6-9-22/h4-11,18H,3,12-17,19-21H2,1-2H3,(H,26,27). The summed E-state index contributed by atoms with van der Waals surface area (Å²) in [7, 11) is 1.86. The zero-order valence-electron chi connectivity index (χ0n) is 18.9. The molecular formula is C25H36N4O2. The predicted molar refractivity (Wildman–Crippen MR) is 126 cm³/mol. The van der Waals surface area contributed by atoms with Crippen molar-refractivity contribution < 1.29 is 9.47 Å². The van der Waals surface area contributed by atoms with Crippen LogP contribution in [0.1, 0.15) is 23.6 Å². The maximum atomic E-state index is 5.69. The molecule has 1 aliphatic heterocycles. The first-order chi connectivity index (χ1) is 15.3. The number of benzene rings is 2. The summed E-state index contributed by atoms with van der Waals surface area (Å²) >= 11 is 0. The van der Waals surface area contributed by atoms with Crippen molar-refractivity contribution in [2.24, 2.45) is 4.99 Å². The Bertz CT molecular complexity index is 789. The largest absolute Gasteiger partial charge is 0.379 e. The van der Waals surface area contributed by atoms with Gasteiger partial charge in [0, 0.05) is 52.9 Å². The summed E-state index contributed by atoms with van der Waals surface area (Å²) in [5.41, 5.74) is 3.79. The van der Waals surface area contributed by atoms with Crippen molar-refractivity contribution in [3.8, 4) is 0 Å². The molecule has 168 valence electrons. The molecule has 2 aromatic carbocycles. The van der Waals surface area contributed by atoms with E-state index in [1.54, 1.807) is 0 Å². The molecule has 2 aromatic rings. The molecule has 0 saturated carbocycles. The summed E-state index contributed by atoms with van der Waals surface area (Å²) in [6.45, 7) is 10.4. The summed E-state index contributed by atoms with van der Waals surface area (Å²) in [5.74, 6) is 0.970. The molecule has 6 nitrogen and oxygen atoms in total. The second-order valence-corrected chi connectivity index (χ2v) is 7.72. The van der Waals surface area contributed by atoms with Crippen molar-refractivity contribution >= 4 is 5.96 Å². The average Bonchev–Trinajstić information content (AvgIpc) is 2.81. The highest BCUT2D eigenvalue weighted by Crippen LogP contribution is 2.10. The molecule has 0 spiro atoms. The summed E-state index contributed by atoms with van der Waals surface area (Å²) in [4.78, 5) is 9.37. The van der Waals surface area contributed by atoms with Crippen LogP contribution in [-0.4, -0.2) is 68.8 Å². The Morgan fingerprint density at radius 1 is 0.903 bits per heavy atom. The lowest BCUT2D eigenvalue weighted by atomic mass is 10.1. The van der Waals surface area contributed by atoms with Crippen molar-refractivity contribution in [2.75, 3.05) is 53.0 Å². The van der Waals surface area contributed by atoms with Crippen LogP contribution < -0.4 is 5.32 Å². The van der Waals surface area contributed by atoms with Crippen LogP contribution in [0, 0.1) is 0 Å². The van der Waals surface area contributed by atoms with Crippen molar-refractivity contribution in [3.63, 3.8) is 0 Å². The van der Waals surface area contributed by atoms with E-state index in [0.29, 0.717) is 19.8 Å². The molecule has 1 fully saturated rings. The van der Waals surface area contributed by atoms with E-state index < -0.39 is 0 Å². The Morgan fingerprint density at radius 2 is 1.61 bits per heavy atom. The summed E-state index contributed by atoms with van der Waals surface area (Å²) < 4.78 is 11.0. The van der Waals surface area contributed by atoms with Crippen LogP contribution >= 0.6 is 0 Å². The minimum absolute atomic E-state index is 0.610. The number of aliphatic imine (C=N–C) groups is 1. The molecule has 0 aliphatic carbocycles. The first kappa shape index (κ1) is 23.3. The van der Waals surface area contributed by atoms with E-state index >= 15 is 0 Å². The lowest BCUT2D eigenvalue weighted by Gasteiger charge is -2.36. The topological polar surface area (TPSA) is 49.3 Å². The van der Waals surface area contributed by atoms with Gasteiger partial charge in [0.15, 0.2) is 5.96 Å². The van der Waals surface area contributed by atoms with Gasteiger partial charge in [-0.25, -0.2) is 0 Å². The van der Waals surface area contributed by atoms with Crippen LogP contribution in [0.3, 0.4) is 0 Å². The molecule has 6 heteroatoms. The number of nitrogens with zero attached hydrogens (tertiary/aromatic N) is 3. The van der Waals surface area contributed by atoms with Gasteiger partial charge in [-0.2, -0.15) is 0 Å². The van der Waals surface area contributed by atoms with Crippen LogP contribution in [0.5, 0.6) is 0 Å². The van der Waals surface area contributed by atoms with Gasteiger partial charge in [-0.05, 0) is 23.6 Å². The lowest BCUT2D eigenvalue weighted by molar-refractivity contribution is 0.0453. The molecule has 0 aromatic heterocycles. The van der Waals surface area contributed by atoms with E-state index in [9.17, 15) is 0 Å². The summed E-state index contributed by atoms with van der Waals surface area (Å²) in [6, 6.07) is 19.2. The van der Waals surface area contributed by atoms with Crippen molar-refractivity contribution in [2.45, 2.75) is 26.6 Å². The molecule has 0 bridgehead atoms. The third kappa shape index (κ3) is 7.98. The van der Waals surface area contributed by atoms with Crippen molar-refractivity contribution in [3.05, 3.63) is 71.3 Å². The van der Waals surface area contributed by atoms with Crippen molar-refractivity contribution in [1.82, 2.24) is 15.1 Å². The molecule has 0 unspecified atom stereocenters. The quantitative estimate of drug-likeness (QED) is 0.361. The lowest BCUT2D eigenvalue weighted by Crippen LogP contribution is -2.52. The monoisotopic (exact) mass is 424 g/mol. The number of hydrogen-bond acceptors (Lipinski definition) is 4.